The van der Waals surface area contributed by atoms with Gasteiger partial charge in [0.1, 0.15) is 96.4 Å². The number of carbonyl (C=O) groups is 19. The number of aliphatic hydroxyl groups excluding tert-OH is 1. The fraction of sp³-hybridized carbons (Fsp3) is 0.615. The molecule has 22 N–H and O–H groups in total. The van der Waals surface area contributed by atoms with Crippen LogP contribution in [-0.2, 0) is 97.5 Å². The first kappa shape index (κ1) is 89.2. The van der Waals surface area contributed by atoms with Gasteiger partial charge in [0.15, 0.2) is 0 Å². The summed E-state index contributed by atoms with van der Waals surface area (Å²) in [4.78, 5) is 268. The number of aromatic hydroxyl groups is 1. The van der Waals surface area contributed by atoms with Gasteiger partial charge in [0.2, 0.25) is 100 Å². The van der Waals surface area contributed by atoms with Crippen molar-refractivity contribution < 1.29 is 112 Å². The quantitative estimate of drug-likeness (QED) is 0.0769. The predicted molar refractivity (Wildman–Crippen MR) is 393 cm³/mol. The Morgan fingerprint density at radius 3 is 1.45 bits per heavy atom. The molecule has 110 heavy (non-hydrogen) atoms. The van der Waals surface area contributed by atoms with Gasteiger partial charge in [-0.1, -0.05) is 69.2 Å². The number of benzene rings is 1. The van der Waals surface area contributed by atoms with Gasteiger partial charge >= 0.3 is 11.9 Å². The van der Waals surface area contributed by atoms with Crippen LogP contribution in [0.15, 0.2) is 24.3 Å². The number of carbonyl (C=O) groups excluding carboxylic acids is 17. The van der Waals surface area contributed by atoms with E-state index in [2.05, 4.69) is 63.8 Å². The summed E-state index contributed by atoms with van der Waals surface area (Å²) in [7, 11) is 3.07. The number of phenolic OH excluding ortho intramolecular Hbond substituents is 1. The summed E-state index contributed by atoms with van der Waals surface area (Å²) in [6.45, 7) is 3.77. The minimum Gasteiger partial charge on any atom is -0.508 e. The minimum absolute atomic E-state index is 0.0219. The lowest BCUT2D eigenvalue weighted by molar-refractivity contribution is -0.148. The van der Waals surface area contributed by atoms with Crippen molar-refractivity contribution in [3.63, 3.8) is 0 Å². The van der Waals surface area contributed by atoms with Crippen molar-refractivity contribution in [2.24, 2.45) is 23.1 Å². The van der Waals surface area contributed by atoms with Crippen molar-refractivity contribution in [1.82, 2.24) is 78.5 Å². The lowest BCUT2D eigenvalue weighted by Gasteiger charge is -2.34. The maximum Gasteiger partial charge on any atom is 0.327 e. The zero-order valence-corrected chi connectivity index (χ0v) is 63.7. The molecule has 15 atom stereocenters. The summed E-state index contributed by atoms with van der Waals surface area (Å²) >= 11 is 0. The van der Waals surface area contributed by atoms with Crippen molar-refractivity contribution in [2.75, 3.05) is 55.8 Å². The molecule has 5 aliphatic heterocycles. The molecule has 1 aromatic rings. The smallest absolute Gasteiger partial charge is 0.327 e. The standard InChI is InChI=1S/C65H94N18O23S4/c1-29(2)18-37-62(102)83-17-7-10-46(83)64(104)82-16-6-9-45(82)61(101)79-41-26-108-107-25-40(71-49(88)23-66)58(98)78-42(59(99)77-39(24-84)56(96)75-37)27-109-110-28-43(65(105)106)80-53(93)34(19-32-11-13-33(85)14-12-32)73-55(95)36(22-50(89)90)74-60(100)44-8-5-15-81(44)63(103)38(21-48(68)87)76-54(94)35(20-47(67)86)72-52(92)31(4)69-51(91)30(3)70-57(41)97/h11-14,29-31,34-46,84-85H,5-10,15-28,66H2,1-4H3,(H2,67,86)(H2,68,87)(H,69,91)(H,70,97)(H,71,88)(H,72,92)(H,73,95)(H,74,100)(H,75,96)(H,76,94)(H,77,99)(H,78,98)(H,79,101)(H,80,93)(H,89,90)(H,105,106)/t30-,31-,34-,35-,36-,37-,38-,39-,40-,41-,42-,43-,44-,45-,46-/m0/s1. The van der Waals surface area contributed by atoms with Gasteiger partial charge < -0.3 is 116 Å². The van der Waals surface area contributed by atoms with Crippen molar-refractivity contribution in [3.8, 4) is 5.75 Å². The molecular formula is C65H94N18O23S4. The topological polar surface area (TPSA) is 637 Å². The zero-order valence-electron chi connectivity index (χ0n) is 60.4. The van der Waals surface area contributed by atoms with Gasteiger partial charge in [0.05, 0.1) is 32.4 Å². The number of phenols is 1. The highest BCUT2D eigenvalue weighted by Gasteiger charge is 2.47. The van der Waals surface area contributed by atoms with Crippen LogP contribution in [0.5, 0.6) is 5.75 Å². The van der Waals surface area contributed by atoms with Gasteiger partial charge in [0, 0.05) is 49.1 Å². The molecule has 0 aliphatic carbocycles. The Morgan fingerprint density at radius 2 is 0.900 bits per heavy atom. The van der Waals surface area contributed by atoms with Crippen LogP contribution in [0.25, 0.3) is 0 Å². The monoisotopic (exact) mass is 1620 g/mol. The van der Waals surface area contributed by atoms with Crippen LogP contribution in [-0.4, -0.2) is 294 Å². The predicted octanol–water partition coefficient (Wildman–Crippen LogP) is -8.14. The molecular weight excluding hydrogens is 1530 g/mol. The highest BCUT2D eigenvalue weighted by atomic mass is 33.1. The van der Waals surface area contributed by atoms with E-state index in [1.165, 1.54) is 41.0 Å². The van der Waals surface area contributed by atoms with Crippen molar-refractivity contribution in [1.29, 1.82) is 0 Å². The Labute approximate surface area is 645 Å². The number of amides is 17. The molecule has 0 saturated carbocycles. The van der Waals surface area contributed by atoms with E-state index in [4.69, 9.17) is 17.2 Å². The number of nitrogens with zero attached hydrogens (tertiary/aromatic N) is 3. The Morgan fingerprint density at radius 1 is 0.482 bits per heavy atom. The van der Waals surface area contributed by atoms with Crippen molar-refractivity contribution in [2.45, 2.75) is 189 Å². The number of rotatable bonds is 14. The molecule has 5 heterocycles. The van der Waals surface area contributed by atoms with Gasteiger partial charge in [-0.05, 0) is 82.4 Å². The second kappa shape index (κ2) is 42.5. The SMILES string of the molecule is CC(C)C[C@@H]1NC(=O)[C@H](CO)NC(=O)[C@@H]2CSSC[C@@H](C(=O)O)NC(=O)[C@H](Cc3ccc(O)cc3)NC(=O)[C@H](CC(=O)O)NC(=O)[C@@H]3CCCN3C(=O)[C@H](CC(N)=O)NC(=O)[C@H](CC(N)=O)NC(=O)[C@H](C)NC(=O)[C@H](C)NC(=O)[C@H](CSSC[C@H](NC(=O)CN)C(=O)N2)NC(=O)[C@@H]2CCCN2C(=O)[C@@H]2CCCN2C1=O. The molecule has 0 aromatic heterocycles. The molecule has 5 fully saturated rings. The van der Waals surface area contributed by atoms with Crippen LogP contribution in [0.1, 0.15) is 97.5 Å². The molecule has 5 saturated heterocycles. The van der Waals surface area contributed by atoms with Gasteiger partial charge in [-0.25, -0.2) is 4.79 Å². The van der Waals surface area contributed by atoms with E-state index in [0.29, 0.717) is 28.0 Å². The number of hydrogen-bond donors (Lipinski definition) is 19. The average Bonchev–Trinajstić information content (AvgIpc) is 1.63. The summed E-state index contributed by atoms with van der Waals surface area (Å²) in [5.41, 5.74) is 16.9. The first-order valence-electron chi connectivity index (χ1n) is 35.1. The van der Waals surface area contributed by atoms with E-state index in [-0.39, 0.29) is 75.4 Å². The molecule has 0 unspecified atom stereocenters. The van der Waals surface area contributed by atoms with E-state index < -0.39 is 265 Å². The summed E-state index contributed by atoms with van der Waals surface area (Å²) in [5.74, 6) is -24.2. The number of hydrogen-bond acceptors (Lipinski definition) is 26. The van der Waals surface area contributed by atoms with E-state index in [1.54, 1.807) is 13.8 Å². The molecule has 45 heteroatoms. The highest BCUT2D eigenvalue weighted by Crippen LogP contribution is 2.30. The number of aliphatic hydroxyl groups is 1. The molecule has 1 aromatic carbocycles. The number of aliphatic carboxylic acids is 2. The molecule has 17 amide bonds. The van der Waals surface area contributed by atoms with Crippen LogP contribution in [0, 0.1) is 5.92 Å². The maximum absolute atomic E-state index is 14.7. The molecule has 0 radical (unpaired) electrons. The zero-order chi connectivity index (χ0) is 81.4. The van der Waals surface area contributed by atoms with Crippen LogP contribution >= 0.6 is 43.2 Å². The third-order valence-electron chi connectivity index (χ3n) is 18.0. The first-order chi connectivity index (χ1) is 52.0. The normalized spacial score (nSPS) is 28.7. The van der Waals surface area contributed by atoms with Gasteiger partial charge in [-0.3, -0.25) is 86.3 Å². The third kappa shape index (κ3) is 26.2. The lowest BCUT2D eigenvalue weighted by Crippen LogP contribution is -2.61. The van der Waals surface area contributed by atoms with Crippen LogP contribution in [0.4, 0.5) is 0 Å². The Hall–Kier alpha value is -9.73. The largest absolute Gasteiger partial charge is 0.508 e. The Balaban J connectivity index is 1.44. The lowest BCUT2D eigenvalue weighted by atomic mass is 10.0. The number of carboxylic acids is 2. The molecule has 0 spiro atoms. The van der Waals surface area contributed by atoms with Crippen LogP contribution in [0.3, 0.4) is 0 Å². The number of fused-ring (bicyclic) bond motifs is 11. The highest BCUT2D eigenvalue weighted by molar-refractivity contribution is 8.77. The van der Waals surface area contributed by atoms with Crippen molar-refractivity contribution in [3.05, 3.63) is 29.8 Å². The molecule has 5 aliphatic rings. The molecule has 41 nitrogen and oxygen atoms in total. The van der Waals surface area contributed by atoms with Crippen molar-refractivity contribution >= 4 is 156 Å². The maximum atomic E-state index is 14.7. The van der Waals surface area contributed by atoms with E-state index in [9.17, 15) is 112 Å². The molecule has 6 rings (SSSR count). The first-order valence-corrected chi connectivity index (χ1v) is 40.1. The van der Waals surface area contributed by atoms with E-state index in [0.717, 1.165) is 33.4 Å². The summed E-state index contributed by atoms with van der Waals surface area (Å²) < 4.78 is 0. The second-order valence-electron chi connectivity index (χ2n) is 27.0. The fourth-order valence-corrected chi connectivity index (χ4v) is 17.0. The van der Waals surface area contributed by atoms with Crippen LogP contribution < -0.4 is 81.0 Å². The van der Waals surface area contributed by atoms with Gasteiger partial charge in [-0.2, -0.15) is 0 Å². The average molecular weight is 1620 g/mol. The summed E-state index contributed by atoms with van der Waals surface area (Å²) in [6.07, 6.45) is -2.99. The van der Waals surface area contributed by atoms with Crippen LogP contribution in [0.2, 0.25) is 0 Å². The number of nitrogens with two attached hydrogens (primary N) is 3. The number of nitrogens with one attached hydrogen (secondary N) is 12. The van der Waals surface area contributed by atoms with Gasteiger partial charge in [0.25, 0.3) is 0 Å². The Kier molecular flexibility index (Phi) is 34.4. The second-order valence-corrected chi connectivity index (χ2v) is 32.1. The fourth-order valence-electron chi connectivity index (χ4n) is 12.3. The number of primary amides is 2. The minimum atomic E-state index is -2.07. The summed E-state index contributed by atoms with van der Waals surface area (Å²) in [5, 5.41) is 70.0. The third-order valence-corrected chi connectivity index (χ3v) is 22.9. The summed E-state index contributed by atoms with van der Waals surface area (Å²) in [6, 6.07) is -20.1. The Bertz CT molecular complexity index is 3640. The van der Waals surface area contributed by atoms with E-state index >= 15 is 0 Å². The molecule has 606 valence electrons. The molecule has 2 bridgehead atoms. The van der Waals surface area contributed by atoms with Gasteiger partial charge in [-0.15, -0.1) is 0 Å². The number of carboxylic acid groups (broad SMARTS) is 2. The van der Waals surface area contributed by atoms with E-state index in [1.807, 2.05) is 0 Å².